The zero-order valence-corrected chi connectivity index (χ0v) is 18.3. The number of rotatable bonds is 8. The maximum absolute atomic E-state index is 13.4. The van der Waals surface area contributed by atoms with E-state index in [1.807, 2.05) is 4.90 Å². The number of hydrogen-bond donors (Lipinski definition) is 0. The Kier molecular flexibility index (Phi) is 6.74. The number of likely N-dealkylation sites (tertiary alicyclic amines) is 2. The third kappa shape index (κ3) is 3.70. The second-order valence-electron chi connectivity index (χ2n) is 8.55. The highest BCUT2D eigenvalue weighted by Gasteiger charge is 2.51. The van der Waals surface area contributed by atoms with E-state index in [1.54, 1.807) is 14.2 Å². The number of ether oxygens (including phenoxy) is 2. The van der Waals surface area contributed by atoms with Crippen LogP contribution in [0.2, 0.25) is 0 Å². The SMILES string of the molecule is CCC1(CC)C(OC)=CC2(C=C1OC)CCN(CCCN1CCCCC1)C2=O. The lowest BCUT2D eigenvalue weighted by Crippen LogP contribution is -2.40. The van der Waals surface area contributed by atoms with Gasteiger partial charge in [0.15, 0.2) is 0 Å². The third-order valence-corrected chi connectivity index (χ3v) is 7.20. The summed E-state index contributed by atoms with van der Waals surface area (Å²) in [4.78, 5) is 18.0. The Morgan fingerprint density at radius 1 is 0.929 bits per heavy atom. The van der Waals surface area contributed by atoms with Crippen LogP contribution in [0.3, 0.4) is 0 Å². The van der Waals surface area contributed by atoms with Gasteiger partial charge in [-0.1, -0.05) is 20.3 Å². The fraction of sp³-hybridized carbons (Fsp3) is 0.783. The van der Waals surface area contributed by atoms with Gasteiger partial charge in [0.25, 0.3) is 0 Å². The van der Waals surface area contributed by atoms with Gasteiger partial charge in [0.1, 0.15) is 11.5 Å². The maximum atomic E-state index is 13.4. The lowest BCUT2D eigenvalue weighted by Gasteiger charge is -2.40. The second-order valence-corrected chi connectivity index (χ2v) is 8.55. The minimum absolute atomic E-state index is 0.205. The summed E-state index contributed by atoms with van der Waals surface area (Å²) in [5, 5.41) is 0. The molecule has 1 spiro atoms. The van der Waals surface area contributed by atoms with Gasteiger partial charge in [-0.3, -0.25) is 4.79 Å². The number of nitrogens with zero attached hydrogens (tertiary/aromatic N) is 2. The monoisotopic (exact) mass is 390 g/mol. The molecular weight excluding hydrogens is 352 g/mol. The first-order valence-electron chi connectivity index (χ1n) is 11.1. The summed E-state index contributed by atoms with van der Waals surface area (Å²) < 4.78 is 11.6. The zero-order valence-electron chi connectivity index (χ0n) is 18.3. The molecule has 5 nitrogen and oxygen atoms in total. The molecule has 0 aromatic carbocycles. The van der Waals surface area contributed by atoms with Crippen molar-refractivity contribution in [3.8, 4) is 0 Å². The molecule has 158 valence electrons. The van der Waals surface area contributed by atoms with Crippen molar-refractivity contribution in [2.24, 2.45) is 10.8 Å². The Morgan fingerprint density at radius 3 is 2.07 bits per heavy atom. The summed E-state index contributed by atoms with van der Waals surface area (Å²) in [7, 11) is 3.43. The Morgan fingerprint density at radius 2 is 1.54 bits per heavy atom. The molecule has 3 aliphatic rings. The van der Waals surface area contributed by atoms with E-state index in [-0.39, 0.29) is 11.3 Å². The molecule has 0 N–H and O–H groups in total. The van der Waals surface area contributed by atoms with Gasteiger partial charge in [0, 0.05) is 13.1 Å². The molecule has 2 fully saturated rings. The van der Waals surface area contributed by atoms with Crippen LogP contribution < -0.4 is 0 Å². The van der Waals surface area contributed by atoms with E-state index in [0.717, 1.165) is 56.8 Å². The minimum Gasteiger partial charge on any atom is -0.500 e. The van der Waals surface area contributed by atoms with Crippen molar-refractivity contribution < 1.29 is 14.3 Å². The Labute approximate surface area is 170 Å². The zero-order chi connectivity index (χ0) is 20.2. The van der Waals surface area contributed by atoms with E-state index in [2.05, 4.69) is 30.9 Å². The van der Waals surface area contributed by atoms with Crippen LogP contribution >= 0.6 is 0 Å². The minimum atomic E-state index is -0.602. The van der Waals surface area contributed by atoms with Crippen molar-refractivity contribution in [2.75, 3.05) is 46.9 Å². The first-order valence-corrected chi connectivity index (χ1v) is 11.1. The molecule has 0 aromatic rings. The molecule has 2 saturated heterocycles. The lowest BCUT2D eigenvalue weighted by atomic mass is 9.68. The van der Waals surface area contributed by atoms with Crippen LogP contribution in [0.4, 0.5) is 0 Å². The molecule has 2 heterocycles. The summed E-state index contributed by atoms with van der Waals surface area (Å²) >= 11 is 0. The number of hydrogen-bond acceptors (Lipinski definition) is 4. The van der Waals surface area contributed by atoms with E-state index in [0.29, 0.717) is 0 Å². The van der Waals surface area contributed by atoms with Crippen LogP contribution in [0.5, 0.6) is 0 Å². The normalized spacial score (nSPS) is 24.3. The lowest BCUT2D eigenvalue weighted by molar-refractivity contribution is -0.132. The highest BCUT2D eigenvalue weighted by atomic mass is 16.5. The van der Waals surface area contributed by atoms with Gasteiger partial charge in [-0.05, 0) is 70.3 Å². The fourth-order valence-corrected chi connectivity index (χ4v) is 5.33. The molecule has 1 amide bonds. The van der Waals surface area contributed by atoms with Crippen LogP contribution in [-0.4, -0.2) is 62.7 Å². The molecule has 28 heavy (non-hydrogen) atoms. The predicted molar refractivity (Wildman–Crippen MR) is 112 cm³/mol. The van der Waals surface area contributed by atoms with Crippen molar-refractivity contribution in [3.05, 3.63) is 23.7 Å². The summed E-state index contributed by atoms with van der Waals surface area (Å²) in [6, 6.07) is 0. The van der Waals surface area contributed by atoms with Crippen LogP contribution in [-0.2, 0) is 14.3 Å². The first kappa shape index (κ1) is 21.2. The standard InChI is InChI=1S/C23H38N2O3/c1-5-23(6-2)19(27-3)17-22(18-20(23)28-4)11-16-25(21(22)26)15-10-14-24-12-8-7-9-13-24/h17-18H,5-16H2,1-4H3. The fourth-order valence-electron chi connectivity index (χ4n) is 5.33. The van der Waals surface area contributed by atoms with Crippen molar-refractivity contribution >= 4 is 5.91 Å². The van der Waals surface area contributed by atoms with Crippen molar-refractivity contribution in [1.82, 2.24) is 9.80 Å². The molecule has 2 aliphatic heterocycles. The number of methoxy groups -OCH3 is 2. The molecule has 0 atom stereocenters. The average Bonchev–Trinajstić information content (AvgIpc) is 3.03. The molecule has 0 aromatic heterocycles. The number of amides is 1. The van der Waals surface area contributed by atoms with Gasteiger partial charge in [-0.2, -0.15) is 0 Å². The molecule has 0 radical (unpaired) electrons. The van der Waals surface area contributed by atoms with Gasteiger partial charge in [-0.25, -0.2) is 0 Å². The van der Waals surface area contributed by atoms with Gasteiger partial charge in [-0.15, -0.1) is 0 Å². The highest BCUT2D eigenvalue weighted by Crippen LogP contribution is 2.52. The maximum Gasteiger partial charge on any atom is 0.236 e. The second kappa shape index (κ2) is 8.89. The largest absolute Gasteiger partial charge is 0.500 e. The van der Waals surface area contributed by atoms with Crippen LogP contribution in [0.15, 0.2) is 23.7 Å². The van der Waals surface area contributed by atoms with E-state index < -0.39 is 5.41 Å². The average molecular weight is 391 g/mol. The van der Waals surface area contributed by atoms with Crippen molar-refractivity contribution in [2.45, 2.75) is 58.8 Å². The third-order valence-electron chi connectivity index (χ3n) is 7.20. The Bertz CT molecular complexity index is 591. The molecular formula is C23H38N2O3. The van der Waals surface area contributed by atoms with E-state index in [9.17, 15) is 4.79 Å². The van der Waals surface area contributed by atoms with Crippen LogP contribution in [0.1, 0.15) is 58.8 Å². The van der Waals surface area contributed by atoms with Gasteiger partial charge in [0.05, 0.1) is 25.0 Å². The summed E-state index contributed by atoms with van der Waals surface area (Å²) in [6.07, 6.45) is 11.8. The van der Waals surface area contributed by atoms with Crippen molar-refractivity contribution in [3.63, 3.8) is 0 Å². The molecule has 5 heteroatoms. The van der Waals surface area contributed by atoms with Crippen molar-refractivity contribution in [1.29, 1.82) is 0 Å². The Hall–Kier alpha value is -1.49. The smallest absolute Gasteiger partial charge is 0.236 e. The quantitative estimate of drug-likeness (QED) is 0.629. The molecule has 3 rings (SSSR count). The summed E-state index contributed by atoms with van der Waals surface area (Å²) in [6.45, 7) is 9.50. The predicted octanol–water partition coefficient (Wildman–Crippen LogP) is 3.96. The summed E-state index contributed by atoms with van der Waals surface area (Å²) in [5.74, 6) is 1.98. The topological polar surface area (TPSA) is 42.0 Å². The van der Waals surface area contributed by atoms with Gasteiger partial charge < -0.3 is 19.3 Å². The molecule has 0 saturated carbocycles. The number of carbonyl (C=O) groups is 1. The van der Waals surface area contributed by atoms with E-state index in [4.69, 9.17) is 9.47 Å². The van der Waals surface area contributed by atoms with Crippen LogP contribution in [0, 0.1) is 10.8 Å². The molecule has 0 unspecified atom stereocenters. The first-order chi connectivity index (χ1) is 13.5. The summed E-state index contributed by atoms with van der Waals surface area (Å²) in [5.41, 5.74) is -0.855. The van der Waals surface area contributed by atoms with E-state index >= 15 is 0 Å². The Balaban J connectivity index is 1.71. The van der Waals surface area contributed by atoms with Gasteiger partial charge in [0.2, 0.25) is 5.91 Å². The molecule has 1 aliphatic carbocycles. The number of piperidine rings is 1. The van der Waals surface area contributed by atoms with E-state index in [1.165, 1.54) is 32.4 Å². The molecule has 0 bridgehead atoms. The highest BCUT2D eigenvalue weighted by molar-refractivity contribution is 5.89. The van der Waals surface area contributed by atoms with Gasteiger partial charge >= 0.3 is 0 Å². The number of carbonyl (C=O) groups excluding carboxylic acids is 1. The van der Waals surface area contributed by atoms with Crippen LogP contribution in [0.25, 0.3) is 0 Å².